The van der Waals surface area contributed by atoms with E-state index in [1.54, 1.807) is 0 Å². The normalized spacial score (nSPS) is 14.0. The maximum absolute atomic E-state index is 12.3. The van der Waals surface area contributed by atoms with Gasteiger partial charge in [-0.25, -0.2) is 4.98 Å². The van der Waals surface area contributed by atoms with Crippen LogP contribution in [0.3, 0.4) is 0 Å². The molecular weight excluding hydrogens is 358 g/mol. The van der Waals surface area contributed by atoms with E-state index in [2.05, 4.69) is 12.2 Å². The molecule has 7 heteroatoms. The topological polar surface area (TPSA) is 60.8 Å². The van der Waals surface area contributed by atoms with Crippen LogP contribution in [0, 0.1) is 0 Å². The molecule has 0 unspecified atom stereocenters. The van der Waals surface area contributed by atoms with Gasteiger partial charge in [0, 0.05) is 44.5 Å². The number of hydrogen-bond acceptors (Lipinski definition) is 4. The molecule has 27 heavy (non-hydrogen) atoms. The molecule has 2 rings (SSSR count). The summed E-state index contributed by atoms with van der Waals surface area (Å²) in [6, 6.07) is 0. The number of aryl methyl sites for hydroxylation is 3. The van der Waals surface area contributed by atoms with Crippen molar-refractivity contribution in [3.8, 4) is 0 Å². The highest BCUT2D eigenvalue weighted by Crippen LogP contribution is 2.27. The number of rotatable bonds is 9. The molecule has 1 aliphatic carbocycles. The van der Waals surface area contributed by atoms with Gasteiger partial charge in [-0.15, -0.1) is 11.3 Å². The molecule has 1 aliphatic rings. The smallest absolute Gasteiger partial charge is 0.242 e. The van der Waals surface area contributed by atoms with Gasteiger partial charge in [0.2, 0.25) is 5.91 Å². The molecule has 0 radical (unpaired) electrons. The summed E-state index contributed by atoms with van der Waals surface area (Å²) < 4.78 is 0. The third-order valence-corrected chi connectivity index (χ3v) is 6.10. The summed E-state index contributed by atoms with van der Waals surface area (Å²) in [5.41, 5.74) is 1.34. The van der Waals surface area contributed by atoms with Crippen LogP contribution >= 0.6 is 11.3 Å². The van der Waals surface area contributed by atoms with Crippen LogP contribution in [-0.4, -0.2) is 66.4 Å². The summed E-state index contributed by atoms with van der Waals surface area (Å²) in [6.07, 6.45) is 6.93. The molecule has 0 spiro atoms. The van der Waals surface area contributed by atoms with Gasteiger partial charge in [0.25, 0.3) is 0 Å². The quantitative estimate of drug-likeness (QED) is 0.398. The zero-order valence-corrected chi connectivity index (χ0v) is 18.2. The van der Waals surface area contributed by atoms with Crippen LogP contribution in [0.2, 0.25) is 0 Å². The first-order valence-corrected chi connectivity index (χ1v) is 11.1. The highest BCUT2D eigenvalue weighted by atomic mass is 32.1. The maximum Gasteiger partial charge on any atom is 0.242 e. The third kappa shape index (κ3) is 6.48. The van der Waals surface area contributed by atoms with Crippen molar-refractivity contribution in [1.82, 2.24) is 20.1 Å². The Labute approximate surface area is 168 Å². The van der Waals surface area contributed by atoms with E-state index < -0.39 is 0 Å². The number of carbonyl (C=O) groups is 1. The van der Waals surface area contributed by atoms with Gasteiger partial charge in [0.15, 0.2) is 5.96 Å². The Morgan fingerprint density at radius 2 is 1.96 bits per heavy atom. The van der Waals surface area contributed by atoms with Crippen molar-refractivity contribution in [3.05, 3.63) is 15.6 Å². The fourth-order valence-corrected chi connectivity index (χ4v) is 4.55. The Hall–Kier alpha value is -1.63. The average molecular weight is 394 g/mol. The van der Waals surface area contributed by atoms with Gasteiger partial charge >= 0.3 is 0 Å². The number of nitrogens with zero attached hydrogens (tertiary/aromatic N) is 4. The highest BCUT2D eigenvalue weighted by Gasteiger charge is 2.16. The van der Waals surface area contributed by atoms with E-state index >= 15 is 0 Å². The van der Waals surface area contributed by atoms with E-state index in [-0.39, 0.29) is 5.91 Å². The number of hydrogen-bond donors (Lipinski definition) is 1. The van der Waals surface area contributed by atoms with Crippen LogP contribution in [0.1, 0.15) is 55.6 Å². The lowest BCUT2D eigenvalue weighted by atomic mass is 10.0. The largest absolute Gasteiger partial charge is 0.357 e. The number of aliphatic imine (C=N–C) groups is 1. The summed E-state index contributed by atoms with van der Waals surface area (Å²) in [5, 5.41) is 4.55. The lowest BCUT2D eigenvalue weighted by molar-refractivity contribution is -0.131. The monoisotopic (exact) mass is 393 g/mol. The molecule has 152 valence electrons. The van der Waals surface area contributed by atoms with Gasteiger partial charge in [-0.2, -0.15) is 0 Å². The molecule has 0 fully saturated rings. The first kappa shape index (κ1) is 21.7. The number of likely N-dealkylation sites (N-methyl/N-ethyl adjacent to an activating group) is 2. The number of aromatic nitrogens is 1. The molecule has 1 aromatic heterocycles. The zero-order valence-electron chi connectivity index (χ0n) is 17.4. The minimum Gasteiger partial charge on any atom is -0.357 e. The average Bonchev–Trinajstić information content (AvgIpc) is 3.08. The van der Waals surface area contributed by atoms with Crippen molar-refractivity contribution in [2.24, 2.45) is 4.99 Å². The maximum atomic E-state index is 12.3. The fourth-order valence-electron chi connectivity index (χ4n) is 3.35. The molecule has 0 aliphatic heterocycles. The Morgan fingerprint density at radius 1 is 1.22 bits per heavy atom. The number of nitrogens with one attached hydrogen (secondary N) is 1. The molecule has 0 saturated carbocycles. The molecule has 1 amide bonds. The minimum atomic E-state index is 0.140. The van der Waals surface area contributed by atoms with Gasteiger partial charge in [0.05, 0.1) is 17.2 Å². The van der Waals surface area contributed by atoms with E-state index in [9.17, 15) is 4.79 Å². The Balaban J connectivity index is 1.84. The standard InChI is InChI=1S/C20H35N5OS/c1-5-21-20(24(4)15-19(26)25(6-2)7-3)22-14-10-13-18-23-16-11-8-9-12-17(16)27-18/h5-15H2,1-4H3,(H,21,22). The third-order valence-electron chi connectivity index (χ3n) is 4.89. The van der Waals surface area contributed by atoms with Crippen LogP contribution in [-0.2, 0) is 24.1 Å². The Morgan fingerprint density at radius 3 is 2.63 bits per heavy atom. The van der Waals surface area contributed by atoms with E-state index in [4.69, 9.17) is 9.98 Å². The molecule has 1 aromatic rings. The van der Waals surface area contributed by atoms with Crippen molar-refractivity contribution in [2.75, 3.05) is 39.8 Å². The van der Waals surface area contributed by atoms with Crippen molar-refractivity contribution in [2.45, 2.75) is 59.3 Å². The van der Waals surface area contributed by atoms with Crippen LogP contribution < -0.4 is 5.32 Å². The predicted octanol–water partition coefficient (Wildman–Crippen LogP) is 2.72. The Kier molecular flexibility index (Phi) is 9.04. The number of thiazole rings is 1. The molecular formula is C20H35N5OS. The van der Waals surface area contributed by atoms with Gasteiger partial charge in [0.1, 0.15) is 0 Å². The minimum absolute atomic E-state index is 0.140. The van der Waals surface area contributed by atoms with Gasteiger partial charge in [-0.1, -0.05) is 0 Å². The molecule has 0 bridgehead atoms. The predicted molar refractivity (Wildman–Crippen MR) is 114 cm³/mol. The number of amides is 1. The van der Waals surface area contributed by atoms with Crippen LogP contribution in [0.25, 0.3) is 0 Å². The zero-order chi connectivity index (χ0) is 19.6. The molecule has 6 nitrogen and oxygen atoms in total. The van der Waals surface area contributed by atoms with E-state index in [1.165, 1.54) is 34.8 Å². The fraction of sp³-hybridized carbons (Fsp3) is 0.750. The molecule has 0 aromatic carbocycles. The SMILES string of the molecule is CCNC(=NCCCc1nc2c(s1)CCCC2)N(C)CC(=O)N(CC)CC. The first-order chi connectivity index (χ1) is 13.1. The van der Waals surface area contributed by atoms with Crippen molar-refractivity contribution in [1.29, 1.82) is 0 Å². The summed E-state index contributed by atoms with van der Waals surface area (Å²) in [4.78, 5) is 27.1. The van der Waals surface area contributed by atoms with Crippen LogP contribution in [0.5, 0.6) is 0 Å². The lowest BCUT2D eigenvalue weighted by Gasteiger charge is -2.25. The molecule has 0 saturated heterocycles. The van der Waals surface area contributed by atoms with Crippen molar-refractivity contribution >= 4 is 23.2 Å². The Bertz CT molecular complexity index is 600. The van der Waals surface area contributed by atoms with E-state index in [0.29, 0.717) is 6.54 Å². The lowest BCUT2D eigenvalue weighted by Crippen LogP contribution is -2.45. The van der Waals surface area contributed by atoms with Crippen molar-refractivity contribution in [3.63, 3.8) is 0 Å². The summed E-state index contributed by atoms with van der Waals surface area (Å²) in [6.45, 7) is 9.46. The number of guanidine groups is 1. The van der Waals surface area contributed by atoms with Gasteiger partial charge in [-0.3, -0.25) is 9.79 Å². The highest BCUT2D eigenvalue weighted by molar-refractivity contribution is 7.11. The number of carbonyl (C=O) groups excluding carboxylic acids is 1. The second-order valence-corrected chi connectivity index (χ2v) is 8.11. The van der Waals surface area contributed by atoms with Gasteiger partial charge < -0.3 is 15.1 Å². The second kappa shape index (κ2) is 11.3. The summed E-state index contributed by atoms with van der Waals surface area (Å²) in [5.74, 6) is 0.943. The van der Waals surface area contributed by atoms with Crippen molar-refractivity contribution < 1.29 is 4.79 Å². The van der Waals surface area contributed by atoms with E-state index in [1.807, 2.05) is 42.0 Å². The molecule has 1 N–H and O–H groups in total. The summed E-state index contributed by atoms with van der Waals surface area (Å²) >= 11 is 1.89. The number of fused-ring (bicyclic) bond motifs is 1. The van der Waals surface area contributed by atoms with E-state index in [0.717, 1.165) is 51.4 Å². The first-order valence-electron chi connectivity index (χ1n) is 10.3. The summed E-state index contributed by atoms with van der Waals surface area (Å²) in [7, 11) is 1.93. The second-order valence-electron chi connectivity index (χ2n) is 6.95. The van der Waals surface area contributed by atoms with Crippen LogP contribution in [0.15, 0.2) is 4.99 Å². The molecule has 1 heterocycles. The van der Waals surface area contributed by atoms with Crippen LogP contribution in [0.4, 0.5) is 0 Å². The molecule has 0 atom stereocenters. The van der Waals surface area contributed by atoms with Gasteiger partial charge in [-0.05, 0) is 52.9 Å².